The molecule has 108 valence electrons. The van der Waals surface area contributed by atoms with Crippen molar-refractivity contribution in [3.63, 3.8) is 0 Å². The number of nitrogens with zero attached hydrogens (tertiary/aromatic N) is 1. The summed E-state index contributed by atoms with van der Waals surface area (Å²) >= 11 is 0. The van der Waals surface area contributed by atoms with Crippen LogP contribution < -0.4 is 14.8 Å². The van der Waals surface area contributed by atoms with Gasteiger partial charge in [0.2, 0.25) is 0 Å². The van der Waals surface area contributed by atoms with Crippen molar-refractivity contribution in [3.05, 3.63) is 23.8 Å². The molecule has 0 radical (unpaired) electrons. The summed E-state index contributed by atoms with van der Waals surface area (Å²) in [6.45, 7) is 5.48. The first-order chi connectivity index (χ1) is 9.83. The molecule has 20 heavy (non-hydrogen) atoms. The summed E-state index contributed by atoms with van der Waals surface area (Å²) in [6.07, 6.45) is 1.09. The molecular formula is C15H20N2O3. The molecule has 2 heterocycles. The minimum atomic E-state index is 0.142. The Morgan fingerprint density at radius 1 is 1.15 bits per heavy atom. The lowest BCUT2D eigenvalue weighted by Crippen LogP contribution is -2.33. The molecule has 0 aliphatic carbocycles. The summed E-state index contributed by atoms with van der Waals surface area (Å²) < 4.78 is 11.0. The van der Waals surface area contributed by atoms with Crippen LogP contribution >= 0.6 is 0 Å². The van der Waals surface area contributed by atoms with E-state index in [9.17, 15) is 4.79 Å². The topological polar surface area (TPSA) is 50.8 Å². The normalized spacial score (nSPS) is 19.4. The molecule has 0 bridgehead atoms. The van der Waals surface area contributed by atoms with Gasteiger partial charge in [-0.1, -0.05) is 0 Å². The van der Waals surface area contributed by atoms with Crippen LogP contribution in [0.2, 0.25) is 0 Å². The van der Waals surface area contributed by atoms with E-state index in [-0.39, 0.29) is 5.78 Å². The first-order valence-corrected chi connectivity index (χ1v) is 7.19. The summed E-state index contributed by atoms with van der Waals surface area (Å²) in [5.41, 5.74) is 0.700. The van der Waals surface area contributed by atoms with Gasteiger partial charge in [-0.25, -0.2) is 0 Å². The standard InChI is InChI=1S/C15H20N2O3/c18-13(11-17-6-1-4-16-5-7-17)12-2-3-14-15(10-12)20-9-8-19-14/h2-3,10,16H,1,4-9,11H2. The number of nitrogens with one attached hydrogen (secondary N) is 1. The van der Waals surface area contributed by atoms with Crippen LogP contribution in [-0.4, -0.2) is 56.6 Å². The Hall–Kier alpha value is -1.59. The maximum Gasteiger partial charge on any atom is 0.176 e. The molecule has 5 nitrogen and oxygen atoms in total. The highest BCUT2D eigenvalue weighted by atomic mass is 16.6. The smallest absolute Gasteiger partial charge is 0.176 e. The third-order valence-corrected chi connectivity index (χ3v) is 3.66. The van der Waals surface area contributed by atoms with E-state index in [2.05, 4.69) is 10.2 Å². The minimum Gasteiger partial charge on any atom is -0.486 e. The van der Waals surface area contributed by atoms with Gasteiger partial charge in [0, 0.05) is 18.7 Å². The van der Waals surface area contributed by atoms with Crippen LogP contribution in [0.3, 0.4) is 0 Å². The Bertz CT molecular complexity index is 482. The monoisotopic (exact) mass is 276 g/mol. The molecule has 0 aromatic heterocycles. The average molecular weight is 276 g/mol. The van der Waals surface area contributed by atoms with Crippen LogP contribution in [0.5, 0.6) is 11.5 Å². The zero-order valence-corrected chi connectivity index (χ0v) is 11.6. The van der Waals surface area contributed by atoms with E-state index in [0.717, 1.165) is 38.3 Å². The van der Waals surface area contributed by atoms with Crippen molar-refractivity contribution in [1.29, 1.82) is 0 Å². The molecule has 1 aromatic carbocycles. The lowest BCUT2D eigenvalue weighted by Gasteiger charge is -2.20. The number of carbonyl (C=O) groups excluding carboxylic acids is 1. The van der Waals surface area contributed by atoms with Gasteiger partial charge >= 0.3 is 0 Å². The number of ketones is 1. The highest BCUT2D eigenvalue weighted by molar-refractivity contribution is 5.98. The highest BCUT2D eigenvalue weighted by Gasteiger charge is 2.17. The molecule has 2 aliphatic heterocycles. The van der Waals surface area contributed by atoms with Crippen molar-refractivity contribution in [3.8, 4) is 11.5 Å². The minimum absolute atomic E-state index is 0.142. The van der Waals surface area contributed by atoms with Gasteiger partial charge in [-0.05, 0) is 37.7 Å². The van der Waals surface area contributed by atoms with E-state index in [1.807, 2.05) is 12.1 Å². The van der Waals surface area contributed by atoms with Gasteiger partial charge in [0.25, 0.3) is 0 Å². The molecule has 0 spiro atoms. The van der Waals surface area contributed by atoms with Gasteiger partial charge in [0.05, 0.1) is 6.54 Å². The van der Waals surface area contributed by atoms with Crippen molar-refractivity contribution in [1.82, 2.24) is 10.2 Å². The molecule has 0 amide bonds. The summed E-state index contributed by atoms with van der Waals surface area (Å²) in [5.74, 6) is 1.55. The van der Waals surface area contributed by atoms with E-state index < -0.39 is 0 Å². The van der Waals surface area contributed by atoms with Crippen LogP contribution in [0, 0.1) is 0 Å². The molecule has 2 aliphatic rings. The van der Waals surface area contributed by atoms with Crippen molar-refractivity contribution in [2.75, 3.05) is 45.9 Å². The van der Waals surface area contributed by atoms with Gasteiger partial charge in [-0.2, -0.15) is 0 Å². The molecule has 1 saturated heterocycles. The van der Waals surface area contributed by atoms with Crippen molar-refractivity contribution >= 4 is 5.78 Å². The molecule has 3 rings (SSSR count). The fourth-order valence-electron chi connectivity index (χ4n) is 2.57. The van der Waals surface area contributed by atoms with Crippen molar-refractivity contribution in [2.45, 2.75) is 6.42 Å². The van der Waals surface area contributed by atoms with Crippen LogP contribution in [0.25, 0.3) is 0 Å². The summed E-state index contributed by atoms with van der Waals surface area (Å²) in [7, 11) is 0. The predicted octanol–water partition coefficient (Wildman–Crippen LogP) is 0.936. The van der Waals surface area contributed by atoms with E-state index >= 15 is 0 Å². The third-order valence-electron chi connectivity index (χ3n) is 3.66. The summed E-state index contributed by atoms with van der Waals surface area (Å²) in [4.78, 5) is 14.6. The van der Waals surface area contributed by atoms with Crippen LogP contribution in [0.1, 0.15) is 16.8 Å². The Kier molecular flexibility index (Phi) is 4.18. The van der Waals surface area contributed by atoms with E-state index in [1.165, 1.54) is 0 Å². The number of Topliss-reactive ketones (excluding diaryl/α,β-unsaturated/α-hetero) is 1. The Balaban J connectivity index is 1.67. The van der Waals surface area contributed by atoms with Gasteiger partial charge in [-0.3, -0.25) is 9.69 Å². The van der Waals surface area contributed by atoms with Gasteiger partial charge in [0.1, 0.15) is 13.2 Å². The lowest BCUT2D eigenvalue weighted by molar-refractivity contribution is 0.0934. The fourth-order valence-corrected chi connectivity index (χ4v) is 2.57. The largest absolute Gasteiger partial charge is 0.486 e. The van der Waals surface area contributed by atoms with E-state index in [1.54, 1.807) is 6.07 Å². The molecule has 0 atom stereocenters. The Morgan fingerprint density at radius 3 is 2.90 bits per heavy atom. The second-order valence-electron chi connectivity index (χ2n) is 5.16. The molecule has 5 heteroatoms. The number of hydrogen-bond donors (Lipinski definition) is 1. The van der Waals surface area contributed by atoms with E-state index in [0.29, 0.717) is 31.1 Å². The first-order valence-electron chi connectivity index (χ1n) is 7.19. The molecule has 1 N–H and O–H groups in total. The summed E-state index contributed by atoms with van der Waals surface area (Å²) in [5, 5.41) is 3.34. The maximum absolute atomic E-state index is 12.4. The average Bonchev–Trinajstić information content (AvgIpc) is 2.75. The first kappa shape index (κ1) is 13.4. The van der Waals surface area contributed by atoms with Crippen molar-refractivity contribution < 1.29 is 14.3 Å². The predicted molar refractivity (Wildman–Crippen MR) is 75.7 cm³/mol. The SMILES string of the molecule is O=C(CN1CCCNCC1)c1ccc2c(c1)OCCO2. The second kappa shape index (κ2) is 6.24. The maximum atomic E-state index is 12.4. The lowest BCUT2D eigenvalue weighted by atomic mass is 10.1. The van der Waals surface area contributed by atoms with Crippen molar-refractivity contribution in [2.24, 2.45) is 0 Å². The van der Waals surface area contributed by atoms with E-state index in [4.69, 9.17) is 9.47 Å². The number of fused-ring (bicyclic) bond motifs is 1. The number of carbonyl (C=O) groups is 1. The number of benzene rings is 1. The number of rotatable bonds is 3. The van der Waals surface area contributed by atoms with Crippen LogP contribution in [-0.2, 0) is 0 Å². The summed E-state index contributed by atoms with van der Waals surface area (Å²) in [6, 6.07) is 5.45. The number of ether oxygens (including phenoxy) is 2. The molecular weight excluding hydrogens is 256 g/mol. The molecule has 0 unspecified atom stereocenters. The zero-order chi connectivity index (χ0) is 13.8. The highest BCUT2D eigenvalue weighted by Crippen LogP contribution is 2.30. The molecule has 1 fully saturated rings. The van der Waals surface area contributed by atoms with Gasteiger partial charge < -0.3 is 14.8 Å². The van der Waals surface area contributed by atoms with Crippen LogP contribution in [0.4, 0.5) is 0 Å². The quantitative estimate of drug-likeness (QED) is 0.833. The van der Waals surface area contributed by atoms with Gasteiger partial charge in [-0.15, -0.1) is 0 Å². The molecule has 1 aromatic rings. The fraction of sp³-hybridized carbons (Fsp3) is 0.533. The van der Waals surface area contributed by atoms with Crippen LogP contribution in [0.15, 0.2) is 18.2 Å². The third kappa shape index (κ3) is 3.11. The molecule has 0 saturated carbocycles. The number of hydrogen-bond acceptors (Lipinski definition) is 5. The Morgan fingerprint density at radius 2 is 2.00 bits per heavy atom. The van der Waals surface area contributed by atoms with Gasteiger partial charge in [0.15, 0.2) is 17.3 Å². The Labute approximate surface area is 118 Å². The zero-order valence-electron chi connectivity index (χ0n) is 11.6. The second-order valence-corrected chi connectivity index (χ2v) is 5.16.